The van der Waals surface area contributed by atoms with Crippen molar-refractivity contribution in [2.24, 2.45) is 0 Å². The number of carbonyl (C=O) groups is 2. The number of amides is 2. The van der Waals surface area contributed by atoms with E-state index in [0.29, 0.717) is 30.0 Å². The number of anilines is 1. The van der Waals surface area contributed by atoms with Gasteiger partial charge in [0.15, 0.2) is 5.11 Å². The van der Waals surface area contributed by atoms with E-state index in [4.69, 9.17) is 17.0 Å². The molecule has 0 radical (unpaired) electrons. The number of nitrogens with one attached hydrogen (secondary N) is 3. The molecular formula is C19H20BrN3O3S. The molecule has 2 aromatic rings. The molecular weight excluding hydrogens is 430 g/mol. The summed E-state index contributed by atoms with van der Waals surface area (Å²) in [6.07, 6.45) is 0.742. The number of benzene rings is 2. The van der Waals surface area contributed by atoms with Crippen molar-refractivity contribution >= 4 is 50.8 Å². The fourth-order valence-corrected chi connectivity index (χ4v) is 2.84. The summed E-state index contributed by atoms with van der Waals surface area (Å²) >= 11 is 8.51. The van der Waals surface area contributed by atoms with E-state index in [1.807, 2.05) is 6.07 Å². The van der Waals surface area contributed by atoms with Crippen LogP contribution in [0.4, 0.5) is 5.69 Å². The van der Waals surface area contributed by atoms with E-state index < -0.39 is 0 Å². The Balaban J connectivity index is 1.92. The van der Waals surface area contributed by atoms with Crippen LogP contribution in [0.3, 0.4) is 0 Å². The molecule has 142 valence electrons. The Kier molecular flexibility index (Phi) is 8.38. The Hall–Kier alpha value is -2.29. The zero-order chi connectivity index (χ0) is 19.6. The molecule has 2 amide bonds. The van der Waals surface area contributed by atoms with Gasteiger partial charge >= 0.3 is 0 Å². The number of hydrogen-bond donors (Lipinski definition) is 3. The van der Waals surface area contributed by atoms with E-state index in [1.54, 1.807) is 49.6 Å². The summed E-state index contributed by atoms with van der Waals surface area (Å²) in [5.41, 5.74) is 1.59. The first-order valence-corrected chi connectivity index (χ1v) is 9.45. The zero-order valence-corrected chi connectivity index (χ0v) is 17.2. The van der Waals surface area contributed by atoms with Gasteiger partial charge in [0.1, 0.15) is 0 Å². The smallest absolute Gasteiger partial charge is 0.257 e. The van der Waals surface area contributed by atoms with Crippen LogP contribution in [0.1, 0.15) is 27.1 Å². The van der Waals surface area contributed by atoms with Crippen molar-refractivity contribution in [1.29, 1.82) is 0 Å². The maximum absolute atomic E-state index is 12.2. The molecule has 0 aliphatic carbocycles. The molecule has 0 saturated heterocycles. The van der Waals surface area contributed by atoms with Crippen molar-refractivity contribution in [2.75, 3.05) is 25.6 Å². The SMILES string of the molecule is COCCCNC(=O)c1cccc(NC(=S)NC(=O)c2cccc(Br)c2)c1. The van der Waals surface area contributed by atoms with Crippen molar-refractivity contribution in [3.8, 4) is 0 Å². The first-order chi connectivity index (χ1) is 13.0. The summed E-state index contributed by atoms with van der Waals surface area (Å²) in [4.78, 5) is 24.4. The highest BCUT2D eigenvalue weighted by Gasteiger charge is 2.10. The fourth-order valence-electron chi connectivity index (χ4n) is 2.23. The molecule has 0 aromatic heterocycles. The third-order valence-corrected chi connectivity index (χ3v) is 4.20. The van der Waals surface area contributed by atoms with Crippen LogP contribution in [0.15, 0.2) is 53.0 Å². The molecule has 0 atom stereocenters. The second-order valence-corrected chi connectivity index (χ2v) is 6.93. The van der Waals surface area contributed by atoms with E-state index in [-0.39, 0.29) is 16.9 Å². The van der Waals surface area contributed by atoms with Crippen LogP contribution in [0.5, 0.6) is 0 Å². The lowest BCUT2D eigenvalue weighted by Crippen LogP contribution is -2.34. The van der Waals surface area contributed by atoms with Crippen molar-refractivity contribution in [2.45, 2.75) is 6.42 Å². The lowest BCUT2D eigenvalue weighted by Gasteiger charge is -2.11. The molecule has 2 aromatic carbocycles. The quantitative estimate of drug-likeness (QED) is 0.446. The average molecular weight is 450 g/mol. The Morgan fingerprint density at radius 1 is 1.07 bits per heavy atom. The second kappa shape index (κ2) is 10.8. The van der Waals surface area contributed by atoms with Gasteiger partial charge in [-0.1, -0.05) is 28.1 Å². The normalized spacial score (nSPS) is 10.1. The minimum Gasteiger partial charge on any atom is -0.385 e. The minimum absolute atomic E-state index is 0.151. The molecule has 0 saturated carbocycles. The summed E-state index contributed by atoms with van der Waals surface area (Å²) in [6.45, 7) is 1.12. The first kappa shape index (κ1) is 21.0. The highest BCUT2D eigenvalue weighted by Crippen LogP contribution is 2.13. The Morgan fingerprint density at radius 3 is 2.48 bits per heavy atom. The van der Waals surface area contributed by atoms with Gasteiger partial charge in [0, 0.05) is 41.5 Å². The molecule has 2 rings (SSSR count). The van der Waals surface area contributed by atoms with Crippen molar-refractivity contribution in [3.05, 3.63) is 64.1 Å². The summed E-state index contributed by atoms with van der Waals surface area (Å²) in [5.74, 6) is -0.500. The van der Waals surface area contributed by atoms with E-state index in [2.05, 4.69) is 31.9 Å². The number of thiocarbonyl (C=S) groups is 1. The van der Waals surface area contributed by atoms with Crippen molar-refractivity contribution in [3.63, 3.8) is 0 Å². The number of methoxy groups -OCH3 is 1. The van der Waals surface area contributed by atoms with E-state index in [0.717, 1.165) is 10.9 Å². The maximum Gasteiger partial charge on any atom is 0.257 e. The molecule has 0 bridgehead atoms. The summed E-state index contributed by atoms with van der Waals surface area (Å²) in [7, 11) is 1.62. The highest BCUT2D eigenvalue weighted by molar-refractivity contribution is 9.10. The Morgan fingerprint density at radius 2 is 1.78 bits per heavy atom. The summed E-state index contributed by atoms with van der Waals surface area (Å²) in [5, 5.41) is 8.50. The van der Waals surface area contributed by atoms with E-state index in [1.165, 1.54) is 0 Å². The molecule has 3 N–H and O–H groups in total. The summed E-state index contributed by atoms with van der Waals surface area (Å²) < 4.78 is 5.75. The lowest BCUT2D eigenvalue weighted by atomic mass is 10.2. The van der Waals surface area contributed by atoms with Gasteiger partial charge in [-0.3, -0.25) is 14.9 Å². The number of carbonyl (C=O) groups excluding carboxylic acids is 2. The molecule has 0 aliphatic heterocycles. The van der Waals surface area contributed by atoms with Gasteiger partial charge in [-0.25, -0.2) is 0 Å². The second-order valence-electron chi connectivity index (χ2n) is 5.60. The lowest BCUT2D eigenvalue weighted by molar-refractivity contribution is 0.0946. The zero-order valence-electron chi connectivity index (χ0n) is 14.8. The Labute approximate surface area is 171 Å². The largest absolute Gasteiger partial charge is 0.385 e. The van der Waals surface area contributed by atoms with Crippen LogP contribution in [0.2, 0.25) is 0 Å². The third kappa shape index (κ3) is 7.09. The fraction of sp³-hybridized carbons (Fsp3) is 0.211. The molecule has 0 spiro atoms. The highest BCUT2D eigenvalue weighted by atomic mass is 79.9. The molecule has 0 aliphatic rings. The third-order valence-electron chi connectivity index (χ3n) is 3.51. The van der Waals surface area contributed by atoms with Gasteiger partial charge in [-0.15, -0.1) is 0 Å². The van der Waals surface area contributed by atoms with Crippen LogP contribution in [-0.2, 0) is 4.74 Å². The van der Waals surface area contributed by atoms with Gasteiger partial charge in [0.25, 0.3) is 11.8 Å². The number of ether oxygens (including phenoxy) is 1. The molecule has 0 fully saturated rings. The van der Waals surface area contributed by atoms with Gasteiger partial charge < -0.3 is 15.4 Å². The number of rotatable bonds is 7. The van der Waals surface area contributed by atoms with Crippen LogP contribution in [0.25, 0.3) is 0 Å². The van der Waals surface area contributed by atoms with Gasteiger partial charge in [-0.05, 0) is 55.0 Å². The number of hydrogen-bond acceptors (Lipinski definition) is 4. The van der Waals surface area contributed by atoms with Crippen LogP contribution < -0.4 is 16.0 Å². The predicted molar refractivity (Wildman–Crippen MR) is 113 cm³/mol. The topological polar surface area (TPSA) is 79.5 Å². The van der Waals surface area contributed by atoms with Crippen LogP contribution >= 0.6 is 28.1 Å². The van der Waals surface area contributed by atoms with Gasteiger partial charge in [0.2, 0.25) is 0 Å². The average Bonchev–Trinajstić information content (AvgIpc) is 2.65. The predicted octanol–water partition coefficient (Wildman–Crippen LogP) is 3.34. The number of halogens is 1. The molecule has 0 unspecified atom stereocenters. The minimum atomic E-state index is -0.319. The van der Waals surface area contributed by atoms with E-state index in [9.17, 15) is 9.59 Å². The summed E-state index contributed by atoms with van der Waals surface area (Å²) in [6, 6.07) is 13.9. The maximum atomic E-state index is 12.2. The monoisotopic (exact) mass is 449 g/mol. The van der Waals surface area contributed by atoms with Crippen molar-refractivity contribution in [1.82, 2.24) is 10.6 Å². The molecule has 6 nitrogen and oxygen atoms in total. The van der Waals surface area contributed by atoms with E-state index >= 15 is 0 Å². The van der Waals surface area contributed by atoms with Crippen molar-refractivity contribution < 1.29 is 14.3 Å². The van der Waals surface area contributed by atoms with Crippen LogP contribution in [0, 0.1) is 0 Å². The molecule has 27 heavy (non-hydrogen) atoms. The Bertz CT molecular complexity index is 829. The molecule has 0 heterocycles. The van der Waals surface area contributed by atoms with Gasteiger partial charge in [-0.2, -0.15) is 0 Å². The van der Waals surface area contributed by atoms with Gasteiger partial charge in [0.05, 0.1) is 0 Å². The standard InChI is InChI=1S/C19H20BrN3O3S/c1-26-10-4-9-21-17(24)14-6-3-8-16(12-14)22-19(27)23-18(25)13-5-2-7-15(20)11-13/h2-3,5-8,11-12H,4,9-10H2,1H3,(H,21,24)(H2,22,23,25,27). The molecule has 8 heteroatoms. The van der Waals surface area contributed by atoms with Crippen LogP contribution in [-0.4, -0.2) is 37.2 Å². The first-order valence-electron chi connectivity index (χ1n) is 8.24.